The molecule has 2 aliphatic rings. The summed E-state index contributed by atoms with van der Waals surface area (Å²) < 4.78 is 6.07. The number of benzene rings is 2. The van der Waals surface area contributed by atoms with Crippen molar-refractivity contribution in [3.8, 4) is 5.75 Å². The summed E-state index contributed by atoms with van der Waals surface area (Å²) in [5, 5.41) is 0. The number of hydrogen-bond donors (Lipinski definition) is 0. The number of rotatable bonds is 6. The van der Waals surface area contributed by atoms with E-state index in [9.17, 15) is 0 Å². The molecule has 33 heavy (non-hydrogen) atoms. The molecule has 172 valence electrons. The molecule has 1 aromatic heterocycles. The van der Waals surface area contributed by atoms with Crippen molar-refractivity contribution in [1.29, 1.82) is 0 Å². The van der Waals surface area contributed by atoms with Crippen LogP contribution < -0.4 is 9.64 Å². The van der Waals surface area contributed by atoms with Crippen LogP contribution in [0.5, 0.6) is 5.75 Å². The van der Waals surface area contributed by atoms with Gasteiger partial charge in [-0.3, -0.25) is 0 Å². The molecule has 0 amide bonds. The first-order chi connectivity index (χ1) is 15.8. The largest absolute Gasteiger partial charge is 0.487 e. The standard InChI is InChI=1S/C28H34N4O/c1-21-5-7-22(8-6-21)27(2,3)23-9-11-25(12-10-23)33-17-24-13-15-29-26(30-24)32-16-14-28(20-32)18-31(4)19-28/h5-13,15H,14,16-20H2,1-4H3. The van der Waals surface area contributed by atoms with Crippen LogP contribution >= 0.6 is 0 Å². The van der Waals surface area contributed by atoms with Crippen LogP contribution in [0.15, 0.2) is 60.8 Å². The second-order valence-electron chi connectivity index (χ2n) is 10.5. The maximum Gasteiger partial charge on any atom is 0.225 e. The number of hydrogen-bond acceptors (Lipinski definition) is 5. The molecule has 1 spiro atoms. The van der Waals surface area contributed by atoms with Crippen molar-refractivity contribution in [1.82, 2.24) is 14.9 Å². The zero-order chi connectivity index (χ0) is 23.1. The fourth-order valence-electron chi connectivity index (χ4n) is 5.34. The molecular formula is C28H34N4O. The van der Waals surface area contributed by atoms with Crippen molar-refractivity contribution < 1.29 is 4.74 Å². The molecule has 5 heteroatoms. The van der Waals surface area contributed by atoms with E-state index in [4.69, 9.17) is 9.72 Å². The molecule has 0 bridgehead atoms. The van der Waals surface area contributed by atoms with E-state index in [1.54, 1.807) is 0 Å². The normalized spacial score (nSPS) is 17.9. The summed E-state index contributed by atoms with van der Waals surface area (Å²) in [7, 11) is 2.19. The Balaban J connectivity index is 1.21. The lowest BCUT2D eigenvalue weighted by atomic mass is 9.78. The van der Waals surface area contributed by atoms with Gasteiger partial charge in [0.15, 0.2) is 0 Å². The van der Waals surface area contributed by atoms with E-state index in [1.807, 2.05) is 12.3 Å². The molecule has 3 heterocycles. The Labute approximate surface area is 197 Å². The summed E-state index contributed by atoms with van der Waals surface area (Å²) in [6.45, 7) is 11.6. The number of nitrogens with zero attached hydrogens (tertiary/aromatic N) is 4. The van der Waals surface area contributed by atoms with E-state index < -0.39 is 0 Å². The summed E-state index contributed by atoms with van der Waals surface area (Å²) >= 11 is 0. The van der Waals surface area contributed by atoms with Crippen LogP contribution in [0.1, 0.15) is 42.7 Å². The maximum absolute atomic E-state index is 6.07. The van der Waals surface area contributed by atoms with Crippen LogP contribution in [-0.4, -0.2) is 48.1 Å². The zero-order valence-electron chi connectivity index (χ0n) is 20.2. The molecule has 5 rings (SSSR count). The second-order valence-corrected chi connectivity index (χ2v) is 10.5. The molecule has 2 aromatic carbocycles. The molecule has 0 atom stereocenters. The number of ether oxygens (including phenoxy) is 1. The summed E-state index contributed by atoms with van der Waals surface area (Å²) in [5.74, 6) is 1.69. The highest BCUT2D eigenvalue weighted by atomic mass is 16.5. The van der Waals surface area contributed by atoms with E-state index in [1.165, 1.54) is 36.2 Å². The quantitative estimate of drug-likeness (QED) is 0.547. The van der Waals surface area contributed by atoms with Crippen LogP contribution in [0.4, 0.5) is 5.95 Å². The van der Waals surface area contributed by atoms with E-state index in [0.29, 0.717) is 12.0 Å². The van der Waals surface area contributed by atoms with Gasteiger partial charge in [-0.1, -0.05) is 55.8 Å². The lowest BCUT2D eigenvalue weighted by Crippen LogP contribution is -2.55. The van der Waals surface area contributed by atoms with Crippen LogP contribution in [-0.2, 0) is 12.0 Å². The summed E-state index contributed by atoms with van der Waals surface area (Å²) in [6.07, 6.45) is 3.08. The van der Waals surface area contributed by atoms with Gasteiger partial charge >= 0.3 is 0 Å². The van der Waals surface area contributed by atoms with Gasteiger partial charge in [0.1, 0.15) is 12.4 Å². The molecule has 0 saturated carbocycles. The molecule has 5 nitrogen and oxygen atoms in total. The Morgan fingerprint density at radius 3 is 2.27 bits per heavy atom. The topological polar surface area (TPSA) is 41.5 Å². The van der Waals surface area contributed by atoms with Gasteiger partial charge in [0.25, 0.3) is 0 Å². The Bertz CT molecular complexity index is 1100. The van der Waals surface area contributed by atoms with Crippen LogP contribution in [0.2, 0.25) is 0 Å². The molecule has 2 fully saturated rings. The molecule has 0 radical (unpaired) electrons. The first kappa shape index (κ1) is 21.9. The second kappa shape index (κ2) is 8.45. The third kappa shape index (κ3) is 4.47. The summed E-state index contributed by atoms with van der Waals surface area (Å²) in [5.41, 5.74) is 5.16. The minimum absolute atomic E-state index is 0.0594. The molecule has 2 saturated heterocycles. The van der Waals surface area contributed by atoms with E-state index in [0.717, 1.165) is 30.5 Å². The van der Waals surface area contributed by atoms with Crippen LogP contribution in [0, 0.1) is 12.3 Å². The SMILES string of the molecule is Cc1ccc(C(C)(C)c2ccc(OCc3ccnc(N4CCC5(CN(C)C5)C4)n3)cc2)cc1. The first-order valence-corrected chi connectivity index (χ1v) is 11.9. The monoisotopic (exact) mass is 442 g/mol. The molecule has 0 N–H and O–H groups in total. The van der Waals surface area contributed by atoms with Crippen molar-refractivity contribution >= 4 is 5.95 Å². The number of aryl methyl sites for hydroxylation is 1. The van der Waals surface area contributed by atoms with Gasteiger partial charge in [0.2, 0.25) is 5.95 Å². The average Bonchev–Trinajstić information content (AvgIpc) is 3.24. The van der Waals surface area contributed by atoms with Crippen LogP contribution in [0.3, 0.4) is 0 Å². The Morgan fingerprint density at radius 1 is 0.939 bits per heavy atom. The number of likely N-dealkylation sites (tertiary alicyclic amines) is 1. The third-order valence-electron chi connectivity index (χ3n) is 7.37. The van der Waals surface area contributed by atoms with Gasteiger partial charge in [-0.05, 0) is 49.7 Å². The highest BCUT2D eigenvalue weighted by Gasteiger charge is 2.46. The zero-order valence-corrected chi connectivity index (χ0v) is 20.2. The average molecular weight is 443 g/mol. The molecule has 2 aliphatic heterocycles. The van der Waals surface area contributed by atoms with E-state index in [2.05, 4.69) is 91.1 Å². The van der Waals surface area contributed by atoms with Crippen LogP contribution in [0.25, 0.3) is 0 Å². The summed E-state index contributed by atoms with van der Waals surface area (Å²) in [4.78, 5) is 14.1. The third-order valence-corrected chi connectivity index (χ3v) is 7.37. The fourth-order valence-corrected chi connectivity index (χ4v) is 5.34. The highest BCUT2D eigenvalue weighted by molar-refractivity contribution is 5.41. The number of aromatic nitrogens is 2. The van der Waals surface area contributed by atoms with Crippen molar-refractivity contribution in [2.45, 2.75) is 39.2 Å². The smallest absolute Gasteiger partial charge is 0.225 e. The minimum atomic E-state index is -0.0594. The van der Waals surface area contributed by atoms with Gasteiger partial charge in [-0.25, -0.2) is 9.97 Å². The van der Waals surface area contributed by atoms with Crippen molar-refractivity contribution in [3.63, 3.8) is 0 Å². The van der Waals surface area contributed by atoms with Crippen molar-refractivity contribution in [2.75, 3.05) is 38.1 Å². The van der Waals surface area contributed by atoms with Gasteiger partial charge in [-0.15, -0.1) is 0 Å². The first-order valence-electron chi connectivity index (χ1n) is 11.9. The Kier molecular flexibility index (Phi) is 5.61. The predicted molar refractivity (Wildman–Crippen MR) is 133 cm³/mol. The fraction of sp³-hybridized carbons (Fsp3) is 0.429. The lowest BCUT2D eigenvalue weighted by Gasteiger charge is -2.46. The Morgan fingerprint density at radius 2 is 1.61 bits per heavy atom. The van der Waals surface area contributed by atoms with Gasteiger partial charge < -0.3 is 14.5 Å². The van der Waals surface area contributed by atoms with Crippen molar-refractivity contribution in [2.24, 2.45) is 5.41 Å². The number of anilines is 1. The van der Waals surface area contributed by atoms with Crippen molar-refractivity contribution in [3.05, 3.63) is 83.2 Å². The molecule has 0 unspecified atom stereocenters. The predicted octanol–water partition coefficient (Wildman–Crippen LogP) is 4.83. The lowest BCUT2D eigenvalue weighted by molar-refractivity contribution is 0.0424. The molecular weight excluding hydrogens is 408 g/mol. The molecule has 0 aliphatic carbocycles. The summed E-state index contributed by atoms with van der Waals surface area (Å²) in [6, 6.07) is 19.2. The van der Waals surface area contributed by atoms with Gasteiger partial charge in [-0.2, -0.15) is 0 Å². The molecule has 3 aromatic rings. The minimum Gasteiger partial charge on any atom is -0.487 e. The van der Waals surface area contributed by atoms with E-state index in [-0.39, 0.29) is 5.41 Å². The highest BCUT2D eigenvalue weighted by Crippen LogP contribution is 2.39. The van der Waals surface area contributed by atoms with E-state index >= 15 is 0 Å². The van der Waals surface area contributed by atoms with Gasteiger partial charge in [0.05, 0.1) is 5.69 Å². The maximum atomic E-state index is 6.07. The van der Waals surface area contributed by atoms with Gasteiger partial charge in [0, 0.05) is 43.2 Å². The Hall–Kier alpha value is -2.92.